The van der Waals surface area contributed by atoms with Crippen molar-refractivity contribution in [1.29, 1.82) is 0 Å². The molecule has 3 unspecified atom stereocenters. The van der Waals surface area contributed by atoms with Crippen molar-refractivity contribution in [2.75, 3.05) is 30.4 Å². The number of hydrogen-bond donors (Lipinski definition) is 2. The zero-order valence-corrected chi connectivity index (χ0v) is 19.1. The van der Waals surface area contributed by atoms with Gasteiger partial charge in [-0.15, -0.1) is 5.10 Å². The molecule has 0 aromatic carbocycles. The molecule has 4 heterocycles. The summed E-state index contributed by atoms with van der Waals surface area (Å²) in [5.41, 5.74) is 13.0. The van der Waals surface area contributed by atoms with E-state index in [1.807, 2.05) is 13.0 Å². The lowest BCUT2D eigenvalue weighted by Gasteiger charge is -2.29. The second kappa shape index (κ2) is 8.71. The topological polar surface area (TPSA) is 134 Å². The number of nitrogen functional groups attached to an aromatic ring is 1. The first-order chi connectivity index (χ1) is 16.4. The number of ether oxygens (including phenoxy) is 2. The molecule has 180 valence electrons. The molecule has 3 aromatic rings. The molecule has 0 bridgehead atoms. The van der Waals surface area contributed by atoms with Crippen LogP contribution in [-0.4, -0.2) is 51.4 Å². The first-order valence-corrected chi connectivity index (χ1v) is 11.5. The van der Waals surface area contributed by atoms with Crippen LogP contribution in [0.5, 0.6) is 5.88 Å². The Labute approximate surface area is 196 Å². The summed E-state index contributed by atoms with van der Waals surface area (Å²) in [5, 5.41) is 4.18. The number of aromatic nitrogens is 4. The Balaban J connectivity index is 1.51. The number of carbonyl (C=O) groups excluding carboxylic acids is 1. The fourth-order valence-electron chi connectivity index (χ4n) is 4.71. The van der Waals surface area contributed by atoms with Crippen LogP contribution in [0.1, 0.15) is 48.7 Å². The van der Waals surface area contributed by atoms with Gasteiger partial charge in [0, 0.05) is 24.3 Å². The minimum Gasteiger partial charge on any atom is -0.477 e. The van der Waals surface area contributed by atoms with E-state index in [-0.39, 0.29) is 30.1 Å². The second-order valence-corrected chi connectivity index (χ2v) is 8.95. The van der Waals surface area contributed by atoms with Crippen LogP contribution in [0, 0.1) is 17.7 Å². The van der Waals surface area contributed by atoms with Gasteiger partial charge in [-0.1, -0.05) is 0 Å². The molecule has 4 atom stereocenters. The van der Waals surface area contributed by atoms with Crippen molar-refractivity contribution in [2.24, 2.45) is 17.6 Å². The third-order valence-corrected chi connectivity index (χ3v) is 6.40. The van der Waals surface area contributed by atoms with Crippen LogP contribution in [0.2, 0.25) is 0 Å². The number of fused-ring (bicyclic) bond motifs is 2. The molecule has 1 aliphatic heterocycles. The summed E-state index contributed by atoms with van der Waals surface area (Å²) >= 11 is 0. The number of nitrogens with two attached hydrogens (primary N) is 2. The number of piperidine rings is 1. The van der Waals surface area contributed by atoms with E-state index in [1.54, 1.807) is 13.1 Å². The lowest BCUT2D eigenvalue weighted by molar-refractivity contribution is 0.0529. The first kappa shape index (κ1) is 22.3. The normalized spacial score (nSPS) is 22.0. The number of anilines is 2. The van der Waals surface area contributed by atoms with Crippen LogP contribution >= 0.6 is 0 Å². The number of hydrogen-bond acceptors (Lipinski definition) is 9. The lowest BCUT2D eigenvalue weighted by atomic mass is 10.0. The Hall–Kier alpha value is -3.47. The maximum Gasteiger partial charge on any atom is 0.345 e. The summed E-state index contributed by atoms with van der Waals surface area (Å²) in [6.45, 7) is 5.00. The zero-order valence-electron chi connectivity index (χ0n) is 19.1. The van der Waals surface area contributed by atoms with Crippen LogP contribution in [0.4, 0.5) is 16.0 Å². The molecule has 3 aromatic heterocycles. The first-order valence-electron chi connectivity index (χ1n) is 11.5. The van der Waals surface area contributed by atoms with E-state index in [4.69, 9.17) is 25.9 Å². The van der Waals surface area contributed by atoms with Crippen molar-refractivity contribution >= 4 is 23.3 Å². The fraction of sp³-hybridized carbons (Fsp3) is 0.478. The van der Waals surface area contributed by atoms with E-state index in [0.717, 1.165) is 13.0 Å². The number of rotatable bonds is 8. The third kappa shape index (κ3) is 4.00. The molecule has 5 rings (SSSR count). The van der Waals surface area contributed by atoms with Gasteiger partial charge < -0.3 is 25.8 Å². The van der Waals surface area contributed by atoms with E-state index < -0.39 is 11.8 Å². The van der Waals surface area contributed by atoms with Gasteiger partial charge in [-0.2, -0.15) is 0 Å². The molecule has 2 fully saturated rings. The van der Waals surface area contributed by atoms with Crippen LogP contribution in [0.3, 0.4) is 0 Å². The van der Waals surface area contributed by atoms with Gasteiger partial charge in [-0.05, 0) is 50.7 Å². The van der Waals surface area contributed by atoms with Crippen molar-refractivity contribution in [3.05, 3.63) is 41.5 Å². The Morgan fingerprint density at radius 1 is 1.41 bits per heavy atom. The van der Waals surface area contributed by atoms with Gasteiger partial charge in [0.05, 0.1) is 25.5 Å². The lowest BCUT2D eigenvalue weighted by Crippen LogP contribution is -2.28. The highest BCUT2D eigenvalue weighted by atomic mass is 19.1. The minimum atomic E-state index is -0.570. The fourth-order valence-corrected chi connectivity index (χ4v) is 4.71. The van der Waals surface area contributed by atoms with Crippen LogP contribution in [0.25, 0.3) is 5.65 Å². The van der Waals surface area contributed by atoms with E-state index >= 15 is 0 Å². The molecule has 1 aliphatic carbocycles. The van der Waals surface area contributed by atoms with Gasteiger partial charge in [0.25, 0.3) is 0 Å². The van der Waals surface area contributed by atoms with Gasteiger partial charge >= 0.3 is 5.97 Å². The molecular formula is C23H28FN7O3. The summed E-state index contributed by atoms with van der Waals surface area (Å²) in [4.78, 5) is 23.5. The summed E-state index contributed by atoms with van der Waals surface area (Å²) in [6.07, 6.45) is 4.59. The van der Waals surface area contributed by atoms with E-state index in [9.17, 15) is 9.18 Å². The van der Waals surface area contributed by atoms with Gasteiger partial charge in [-0.25, -0.2) is 23.7 Å². The molecule has 34 heavy (non-hydrogen) atoms. The number of halogens is 1. The zero-order chi connectivity index (χ0) is 24.0. The summed E-state index contributed by atoms with van der Waals surface area (Å²) in [7, 11) is 0. The number of esters is 1. The predicted molar refractivity (Wildman–Crippen MR) is 123 cm³/mol. The molecule has 4 N–H and O–H groups in total. The molecule has 1 saturated heterocycles. The molecule has 0 spiro atoms. The monoisotopic (exact) mass is 469 g/mol. The van der Waals surface area contributed by atoms with Gasteiger partial charge in [0.1, 0.15) is 17.2 Å². The maximum absolute atomic E-state index is 14.3. The van der Waals surface area contributed by atoms with Crippen LogP contribution in [-0.2, 0) is 4.74 Å². The van der Waals surface area contributed by atoms with Crippen LogP contribution in [0.15, 0.2) is 24.5 Å². The predicted octanol–water partition coefficient (Wildman–Crippen LogP) is 2.34. The summed E-state index contributed by atoms with van der Waals surface area (Å²) in [6, 6.07) is 3.15. The Morgan fingerprint density at radius 2 is 2.24 bits per heavy atom. The molecular weight excluding hydrogens is 441 g/mol. The smallest absolute Gasteiger partial charge is 0.345 e. The van der Waals surface area contributed by atoms with Crippen molar-refractivity contribution in [2.45, 2.75) is 38.8 Å². The number of carbonyl (C=O) groups is 1. The standard InChI is InChI=1S/C23H28FN7O3/c1-3-33-23(32)18-20(26)29-31-6-4-17(28-21(18)31)30-11-13-8-15(13)19(30)16-9-14(24)10-27-22(16)34-7-5-12(2)25/h4,6,9-10,12-13,15,19H,3,5,7-8,11,25H2,1-2H3,(H2,26,29)/t12-,13?,15?,19?/m1/s1. The molecule has 10 nitrogen and oxygen atoms in total. The molecule has 2 aliphatic rings. The van der Waals surface area contributed by atoms with Crippen molar-refractivity contribution in [3.63, 3.8) is 0 Å². The quantitative estimate of drug-likeness (QED) is 0.477. The largest absolute Gasteiger partial charge is 0.477 e. The minimum absolute atomic E-state index is 0.00713. The summed E-state index contributed by atoms with van der Waals surface area (Å²) < 4.78 is 26.8. The molecule has 1 saturated carbocycles. The van der Waals surface area contributed by atoms with Crippen molar-refractivity contribution < 1.29 is 18.7 Å². The summed E-state index contributed by atoms with van der Waals surface area (Å²) in [5.74, 6) is 0.935. The van der Waals surface area contributed by atoms with Gasteiger partial charge in [0.2, 0.25) is 5.88 Å². The molecule has 11 heteroatoms. The highest BCUT2D eigenvalue weighted by Crippen LogP contribution is 2.58. The SMILES string of the molecule is CCOC(=O)c1c(N)nn2ccc(N3CC4CC4C3c3cc(F)cnc3OCC[C@@H](C)N)nc12. The van der Waals surface area contributed by atoms with E-state index in [1.165, 1.54) is 16.8 Å². The van der Waals surface area contributed by atoms with Gasteiger partial charge in [-0.3, -0.25) is 0 Å². The molecule has 0 amide bonds. The van der Waals surface area contributed by atoms with E-state index in [0.29, 0.717) is 47.8 Å². The third-order valence-electron chi connectivity index (χ3n) is 6.40. The van der Waals surface area contributed by atoms with Crippen molar-refractivity contribution in [1.82, 2.24) is 19.6 Å². The Kier molecular flexibility index (Phi) is 5.72. The highest BCUT2D eigenvalue weighted by Gasteiger charge is 2.54. The average molecular weight is 470 g/mol. The van der Waals surface area contributed by atoms with Crippen molar-refractivity contribution in [3.8, 4) is 5.88 Å². The average Bonchev–Trinajstić information content (AvgIpc) is 3.32. The van der Waals surface area contributed by atoms with Crippen LogP contribution < -0.4 is 21.1 Å². The number of nitrogens with zero attached hydrogens (tertiary/aromatic N) is 5. The van der Waals surface area contributed by atoms with Gasteiger partial charge in [0.15, 0.2) is 11.5 Å². The number of pyridine rings is 1. The maximum atomic E-state index is 14.3. The Morgan fingerprint density at radius 3 is 3.00 bits per heavy atom. The molecule has 0 radical (unpaired) electrons. The van der Waals surface area contributed by atoms with E-state index in [2.05, 4.69) is 15.0 Å². The second-order valence-electron chi connectivity index (χ2n) is 8.95. The highest BCUT2D eigenvalue weighted by molar-refractivity contribution is 6.00. The Bertz CT molecular complexity index is 1230.